The van der Waals surface area contributed by atoms with Gasteiger partial charge in [-0.15, -0.1) is 0 Å². The number of rotatable bonds is 4. The number of hydrogen-bond acceptors (Lipinski definition) is 3. The summed E-state index contributed by atoms with van der Waals surface area (Å²) in [6.07, 6.45) is 5.68. The molecular formula is C17H25N3. The van der Waals surface area contributed by atoms with Crippen molar-refractivity contribution in [1.82, 2.24) is 4.98 Å². The lowest BCUT2D eigenvalue weighted by Crippen LogP contribution is -2.32. The van der Waals surface area contributed by atoms with Crippen LogP contribution in [0.2, 0.25) is 0 Å². The monoisotopic (exact) mass is 271 g/mol. The second-order valence-corrected chi connectivity index (χ2v) is 6.37. The predicted octanol–water partition coefficient (Wildman–Crippen LogP) is 3.70. The van der Waals surface area contributed by atoms with Crippen molar-refractivity contribution in [3.8, 4) is 6.07 Å². The molecule has 0 saturated heterocycles. The van der Waals surface area contributed by atoms with Crippen LogP contribution in [0.1, 0.15) is 56.9 Å². The molecule has 1 heterocycles. The minimum absolute atomic E-state index is 0.399. The Bertz CT molecular complexity index is 514. The topological polar surface area (TPSA) is 39.9 Å². The van der Waals surface area contributed by atoms with Gasteiger partial charge >= 0.3 is 0 Å². The molecule has 1 unspecified atom stereocenters. The van der Waals surface area contributed by atoms with Gasteiger partial charge in [-0.05, 0) is 56.6 Å². The van der Waals surface area contributed by atoms with Crippen LogP contribution in [0.15, 0.2) is 6.07 Å². The zero-order valence-corrected chi connectivity index (χ0v) is 13.1. The van der Waals surface area contributed by atoms with Crippen LogP contribution in [0, 0.1) is 17.2 Å². The first-order valence-electron chi connectivity index (χ1n) is 7.68. The normalized spacial score (nSPS) is 15.6. The third kappa shape index (κ3) is 3.12. The van der Waals surface area contributed by atoms with Crippen LogP contribution < -0.4 is 4.90 Å². The molecule has 0 spiro atoms. The summed E-state index contributed by atoms with van der Waals surface area (Å²) in [7, 11) is 2.06. The Morgan fingerprint density at radius 3 is 2.65 bits per heavy atom. The Labute approximate surface area is 122 Å². The number of nitriles is 1. The second-order valence-electron chi connectivity index (χ2n) is 6.37. The lowest BCUT2D eigenvalue weighted by molar-refractivity contribution is 0.501. The molecule has 0 radical (unpaired) electrons. The van der Waals surface area contributed by atoms with Crippen molar-refractivity contribution in [2.45, 2.75) is 58.9 Å². The fourth-order valence-corrected chi connectivity index (χ4v) is 3.02. The van der Waals surface area contributed by atoms with Gasteiger partial charge in [0.15, 0.2) is 0 Å². The summed E-state index contributed by atoms with van der Waals surface area (Å²) >= 11 is 0. The lowest BCUT2D eigenvalue weighted by atomic mass is 9.94. The summed E-state index contributed by atoms with van der Waals surface area (Å²) in [4.78, 5) is 6.99. The first kappa shape index (κ1) is 14.8. The fourth-order valence-electron chi connectivity index (χ4n) is 3.02. The van der Waals surface area contributed by atoms with E-state index in [1.165, 1.54) is 24.1 Å². The van der Waals surface area contributed by atoms with Crippen LogP contribution in [0.25, 0.3) is 0 Å². The molecule has 0 bridgehead atoms. The van der Waals surface area contributed by atoms with Crippen LogP contribution in [0.3, 0.4) is 0 Å². The Balaban J connectivity index is 2.32. The van der Waals surface area contributed by atoms with Gasteiger partial charge in [0.1, 0.15) is 11.9 Å². The Kier molecular flexibility index (Phi) is 4.65. The van der Waals surface area contributed by atoms with Crippen LogP contribution in [-0.4, -0.2) is 18.1 Å². The van der Waals surface area contributed by atoms with E-state index < -0.39 is 0 Å². The average Bonchev–Trinajstić information content (AvgIpc) is 2.44. The molecule has 1 atom stereocenters. The van der Waals surface area contributed by atoms with Gasteiger partial charge in [-0.2, -0.15) is 5.26 Å². The summed E-state index contributed by atoms with van der Waals surface area (Å²) in [6.45, 7) is 6.67. The Morgan fingerprint density at radius 1 is 1.30 bits per heavy atom. The molecule has 1 aromatic heterocycles. The lowest BCUT2D eigenvalue weighted by Gasteiger charge is -2.29. The highest BCUT2D eigenvalue weighted by atomic mass is 15.2. The number of nitrogens with zero attached hydrogens (tertiary/aromatic N) is 3. The largest absolute Gasteiger partial charge is 0.356 e. The summed E-state index contributed by atoms with van der Waals surface area (Å²) in [5.41, 5.74) is 3.21. The highest BCUT2D eigenvalue weighted by molar-refractivity contribution is 5.56. The van der Waals surface area contributed by atoms with Crippen molar-refractivity contribution in [2.24, 2.45) is 5.92 Å². The maximum absolute atomic E-state index is 9.42. The van der Waals surface area contributed by atoms with Crippen LogP contribution >= 0.6 is 0 Å². The standard InChI is InChI=1S/C17H25N3/c1-12(2)9-13(3)20(4)17-15(11-18)10-14-7-5-6-8-16(14)19-17/h10,12-13H,5-9H2,1-4H3. The molecule has 3 nitrogen and oxygen atoms in total. The Morgan fingerprint density at radius 2 is 2.00 bits per heavy atom. The number of aryl methyl sites for hydroxylation is 2. The maximum Gasteiger partial charge on any atom is 0.146 e. The third-order valence-corrected chi connectivity index (χ3v) is 4.21. The number of pyridine rings is 1. The first-order valence-corrected chi connectivity index (χ1v) is 7.68. The van der Waals surface area contributed by atoms with Crippen LogP contribution in [0.5, 0.6) is 0 Å². The molecule has 0 aliphatic heterocycles. The van der Waals surface area contributed by atoms with E-state index in [4.69, 9.17) is 4.98 Å². The van der Waals surface area contributed by atoms with E-state index in [0.29, 0.717) is 12.0 Å². The van der Waals surface area contributed by atoms with Crippen molar-refractivity contribution >= 4 is 5.82 Å². The minimum Gasteiger partial charge on any atom is -0.356 e. The minimum atomic E-state index is 0.399. The van der Waals surface area contributed by atoms with Crippen molar-refractivity contribution in [2.75, 3.05) is 11.9 Å². The zero-order chi connectivity index (χ0) is 14.7. The van der Waals surface area contributed by atoms with E-state index in [1.54, 1.807) is 0 Å². The summed E-state index contributed by atoms with van der Waals surface area (Å²) in [6, 6.07) is 4.79. The highest BCUT2D eigenvalue weighted by Crippen LogP contribution is 2.27. The van der Waals surface area contributed by atoms with Gasteiger partial charge in [0, 0.05) is 18.8 Å². The van der Waals surface area contributed by atoms with Gasteiger partial charge in [0.2, 0.25) is 0 Å². The predicted molar refractivity (Wildman–Crippen MR) is 82.9 cm³/mol. The second kappa shape index (κ2) is 6.26. The van der Waals surface area contributed by atoms with Gasteiger partial charge in [-0.3, -0.25) is 0 Å². The number of fused-ring (bicyclic) bond motifs is 1. The molecule has 1 aliphatic rings. The van der Waals surface area contributed by atoms with Crippen molar-refractivity contribution in [3.63, 3.8) is 0 Å². The quantitative estimate of drug-likeness (QED) is 0.838. The van der Waals surface area contributed by atoms with Gasteiger partial charge in [-0.1, -0.05) is 13.8 Å². The highest BCUT2D eigenvalue weighted by Gasteiger charge is 2.20. The number of anilines is 1. The molecule has 1 aromatic rings. The van der Waals surface area contributed by atoms with Crippen molar-refractivity contribution < 1.29 is 0 Å². The summed E-state index contributed by atoms with van der Waals surface area (Å²) in [5, 5.41) is 9.42. The number of aromatic nitrogens is 1. The molecule has 0 saturated carbocycles. The van der Waals surface area contributed by atoms with Crippen LogP contribution in [0.4, 0.5) is 5.82 Å². The summed E-state index contributed by atoms with van der Waals surface area (Å²) < 4.78 is 0. The van der Waals surface area contributed by atoms with Gasteiger partial charge < -0.3 is 4.90 Å². The third-order valence-electron chi connectivity index (χ3n) is 4.21. The molecular weight excluding hydrogens is 246 g/mol. The van der Waals surface area contributed by atoms with E-state index in [2.05, 4.69) is 44.9 Å². The van der Waals surface area contributed by atoms with Crippen LogP contribution in [-0.2, 0) is 12.8 Å². The average molecular weight is 271 g/mol. The van der Waals surface area contributed by atoms with Gasteiger partial charge in [-0.25, -0.2) is 4.98 Å². The van der Waals surface area contributed by atoms with Gasteiger partial charge in [0.25, 0.3) is 0 Å². The Hall–Kier alpha value is -1.56. The number of hydrogen-bond donors (Lipinski definition) is 0. The molecule has 1 aliphatic carbocycles. The molecule has 20 heavy (non-hydrogen) atoms. The molecule has 3 heteroatoms. The molecule has 108 valence electrons. The van der Waals surface area contributed by atoms with E-state index in [0.717, 1.165) is 30.6 Å². The van der Waals surface area contributed by atoms with Crippen molar-refractivity contribution in [3.05, 3.63) is 22.9 Å². The molecule has 0 aromatic carbocycles. The SMILES string of the molecule is CC(C)CC(C)N(C)c1nc2c(cc1C#N)CCCC2. The van der Waals surface area contributed by atoms with E-state index >= 15 is 0 Å². The van der Waals surface area contributed by atoms with E-state index in [1.807, 2.05) is 0 Å². The molecule has 0 amide bonds. The maximum atomic E-state index is 9.42. The first-order chi connectivity index (χ1) is 9.52. The smallest absolute Gasteiger partial charge is 0.146 e. The zero-order valence-electron chi connectivity index (χ0n) is 13.1. The van der Waals surface area contributed by atoms with E-state index in [9.17, 15) is 5.26 Å². The van der Waals surface area contributed by atoms with Gasteiger partial charge in [0.05, 0.1) is 5.56 Å². The van der Waals surface area contributed by atoms with E-state index in [-0.39, 0.29) is 0 Å². The fraction of sp³-hybridized carbons (Fsp3) is 0.647. The molecule has 2 rings (SSSR count). The summed E-state index contributed by atoms with van der Waals surface area (Å²) in [5.74, 6) is 1.51. The molecule has 0 N–H and O–H groups in total. The molecule has 0 fully saturated rings. The van der Waals surface area contributed by atoms with Crippen molar-refractivity contribution in [1.29, 1.82) is 5.26 Å².